The van der Waals surface area contributed by atoms with E-state index in [4.69, 9.17) is 14.4 Å². The highest BCUT2D eigenvalue weighted by molar-refractivity contribution is 6.05. The van der Waals surface area contributed by atoms with Crippen LogP contribution in [0.4, 0.5) is 0 Å². The Hall–Kier alpha value is -6.58. The molecule has 2 aliphatic rings. The molecule has 0 fully saturated rings. The highest BCUT2D eigenvalue weighted by Gasteiger charge is 2.41. The molecule has 0 saturated carbocycles. The molecule has 9 aromatic rings. The van der Waals surface area contributed by atoms with E-state index in [1.54, 1.807) is 0 Å². The van der Waals surface area contributed by atoms with Crippen molar-refractivity contribution in [3.05, 3.63) is 180 Å². The fourth-order valence-corrected chi connectivity index (χ4v) is 9.29. The minimum atomic E-state index is -0.117. The van der Waals surface area contributed by atoms with Crippen molar-refractivity contribution in [3.63, 3.8) is 0 Å². The summed E-state index contributed by atoms with van der Waals surface area (Å²) in [5.41, 5.74) is 19.9. The Bertz CT molecular complexity index is 3020. The smallest absolute Gasteiger partial charge is 0.160 e. The van der Waals surface area contributed by atoms with E-state index in [2.05, 4.69) is 149 Å². The van der Waals surface area contributed by atoms with Gasteiger partial charge in [0.1, 0.15) is 11.2 Å². The first-order valence-electron chi connectivity index (χ1n) is 19.1. The van der Waals surface area contributed by atoms with E-state index < -0.39 is 0 Å². The SMILES string of the molecule is CC1(C)c2ccccc2-c2cc3c(cc21)-c1ccc(-c2ccc(-c4cc(-c5ccc6c(c5)oc5ccccc56)nc(-c5ccccc5)n4)cc2)cc1C3(C)C. The van der Waals surface area contributed by atoms with Gasteiger partial charge in [-0.25, -0.2) is 9.97 Å². The summed E-state index contributed by atoms with van der Waals surface area (Å²) < 4.78 is 6.25. The molecule has 0 N–H and O–H groups in total. The number of para-hydroxylation sites is 1. The fraction of sp³-hybridized carbons (Fsp3) is 0.115. The molecule has 55 heavy (non-hydrogen) atoms. The van der Waals surface area contributed by atoms with Gasteiger partial charge in [0.25, 0.3) is 0 Å². The zero-order chi connectivity index (χ0) is 37.1. The summed E-state index contributed by atoms with van der Waals surface area (Å²) in [6, 6.07) is 56.6. The summed E-state index contributed by atoms with van der Waals surface area (Å²) in [6.45, 7) is 9.49. The van der Waals surface area contributed by atoms with Crippen LogP contribution >= 0.6 is 0 Å². The second-order valence-electron chi connectivity index (χ2n) is 16.2. The van der Waals surface area contributed by atoms with Gasteiger partial charge >= 0.3 is 0 Å². The monoisotopic (exact) mass is 706 g/mol. The van der Waals surface area contributed by atoms with Crippen LogP contribution in [-0.2, 0) is 10.8 Å². The zero-order valence-electron chi connectivity index (χ0n) is 31.3. The molecule has 0 amide bonds. The third kappa shape index (κ3) is 4.76. The lowest BCUT2D eigenvalue weighted by atomic mass is 9.79. The van der Waals surface area contributed by atoms with Gasteiger partial charge in [-0.2, -0.15) is 0 Å². The summed E-state index contributed by atoms with van der Waals surface area (Å²) in [6.07, 6.45) is 0. The Balaban J connectivity index is 0.964. The van der Waals surface area contributed by atoms with Crippen molar-refractivity contribution < 1.29 is 4.42 Å². The predicted molar refractivity (Wildman–Crippen MR) is 226 cm³/mol. The normalized spacial score (nSPS) is 14.5. The van der Waals surface area contributed by atoms with Gasteiger partial charge in [-0.05, 0) is 98.1 Å². The van der Waals surface area contributed by atoms with Crippen molar-refractivity contribution in [2.24, 2.45) is 0 Å². The van der Waals surface area contributed by atoms with Crippen molar-refractivity contribution in [2.75, 3.05) is 0 Å². The van der Waals surface area contributed by atoms with Gasteiger partial charge in [-0.15, -0.1) is 0 Å². The fourth-order valence-electron chi connectivity index (χ4n) is 9.29. The summed E-state index contributed by atoms with van der Waals surface area (Å²) in [5.74, 6) is 0.695. The minimum Gasteiger partial charge on any atom is -0.456 e. The van der Waals surface area contributed by atoms with Crippen LogP contribution < -0.4 is 0 Å². The Labute approximate surface area is 321 Å². The maximum absolute atomic E-state index is 6.25. The van der Waals surface area contributed by atoms with E-state index in [-0.39, 0.29) is 10.8 Å². The molecule has 0 saturated heterocycles. The molecule has 3 nitrogen and oxygen atoms in total. The van der Waals surface area contributed by atoms with Crippen LogP contribution in [0.2, 0.25) is 0 Å². The zero-order valence-corrected chi connectivity index (χ0v) is 31.3. The first-order chi connectivity index (χ1) is 26.7. The molecule has 7 aromatic carbocycles. The average molecular weight is 707 g/mol. The van der Waals surface area contributed by atoms with E-state index in [0.717, 1.165) is 50.0 Å². The van der Waals surface area contributed by atoms with Crippen LogP contribution in [0.1, 0.15) is 49.9 Å². The Morgan fingerprint density at radius 2 is 0.927 bits per heavy atom. The lowest BCUT2D eigenvalue weighted by Gasteiger charge is -2.24. The molecule has 2 aliphatic carbocycles. The number of benzene rings is 7. The number of hydrogen-bond acceptors (Lipinski definition) is 3. The van der Waals surface area contributed by atoms with Crippen LogP contribution in [0.15, 0.2) is 162 Å². The van der Waals surface area contributed by atoms with Gasteiger partial charge in [0, 0.05) is 38.3 Å². The average Bonchev–Trinajstić information content (AvgIpc) is 3.79. The van der Waals surface area contributed by atoms with Crippen LogP contribution in [0.3, 0.4) is 0 Å². The molecule has 0 aliphatic heterocycles. The van der Waals surface area contributed by atoms with Gasteiger partial charge in [-0.1, -0.05) is 143 Å². The molecule has 0 bridgehead atoms. The quantitative estimate of drug-likeness (QED) is 0.183. The van der Waals surface area contributed by atoms with Gasteiger partial charge in [0.05, 0.1) is 11.4 Å². The second kappa shape index (κ2) is 11.5. The lowest BCUT2D eigenvalue weighted by molar-refractivity contribution is 0.652. The van der Waals surface area contributed by atoms with Crippen molar-refractivity contribution in [2.45, 2.75) is 38.5 Å². The third-order valence-corrected chi connectivity index (χ3v) is 12.3. The molecule has 0 atom stereocenters. The molecular weight excluding hydrogens is 669 g/mol. The van der Waals surface area contributed by atoms with E-state index in [9.17, 15) is 0 Å². The minimum absolute atomic E-state index is 0.0238. The Kier molecular flexibility index (Phi) is 6.65. The second-order valence-corrected chi connectivity index (χ2v) is 16.2. The lowest BCUT2D eigenvalue weighted by Crippen LogP contribution is -2.17. The summed E-state index contributed by atoms with van der Waals surface area (Å²) in [5, 5.41) is 2.22. The van der Waals surface area contributed by atoms with Crippen molar-refractivity contribution in [3.8, 4) is 67.3 Å². The molecule has 0 radical (unpaired) electrons. The Morgan fingerprint density at radius 3 is 1.71 bits per heavy atom. The molecule has 0 unspecified atom stereocenters. The van der Waals surface area contributed by atoms with Crippen LogP contribution in [0, 0.1) is 0 Å². The number of nitrogens with zero attached hydrogens (tertiary/aromatic N) is 2. The number of rotatable bonds is 4. The first-order valence-corrected chi connectivity index (χ1v) is 19.1. The van der Waals surface area contributed by atoms with E-state index in [1.165, 1.54) is 55.6 Å². The van der Waals surface area contributed by atoms with Crippen LogP contribution in [0.25, 0.3) is 89.2 Å². The molecule has 2 aromatic heterocycles. The molecule has 0 spiro atoms. The number of furan rings is 1. The first kappa shape index (κ1) is 31.9. The maximum atomic E-state index is 6.25. The molecule has 262 valence electrons. The topological polar surface area (TPSA) is 38.9 Å². The molecule has 11 rings (SSSR count). The van der Waals surface area contributed by atoms with E-state index in [1.807, 2.05) is 36.4 Å². The van der Waals surface area contributed by atoms with Gasteiger partial charge < -0.3 is 4.42 Å². The van der Waals surface area contributed by atoms with Crippen molar-refractivity contribution >= 4 is 21.9 Å². The number of hydrogen-bond donors (Lipinski definition) is 0. The number of fused-ring (bicyclic) bond motifs is 9. The van der Waals surface area contributed by atoms with E-state index in [0.29, 0.717) is 5.82 Å². The standard InChI is InChI=1S/C52H38N2O/c1-51(2)42-16-10-8-14-36(42)40-28-45-41(29-44(40)51)37-24-22-34(26-43(37)52(45,3)4)31-18-20-32(21-19-31)46-30-47(54-50(53-46)33-12-6-5-7-13-33)35-23-25-39-38-15-9-11-17-48(38)55-49(39)27-35/h5-30H,1-4H3. The van der Waals surface area contributed by atoms with Crippen molar-refractivity contribution in [1.82, 2.24) is 9.97 Å². The van der Waals surface area contributed by atoms with Gasteiger partial charge in [0.15, 0.2) is 5.82 Å². The highest BCUT2D eigenvalue weighted by atomic mass is 16.3. The van der Waals surface area contributed by atoms with Gasteiger partial charge in [0.2, 0.25) is 0 Å². The third-order valence-electron chi connectivity index (χ3n) is 12.3. The summed E-state index contributed by atoms with van der Waals surface area (Å²) >= 11 is 0. The molecule has 2 heterocycles. The molecule has 3 heteroatoms. The summed E-state index contributed by atoms with van der Waals surface area (Å²) in [7, 11) is 0. The predicted octanol–water partition coefficient (Wildman–Crippen LogP) is 13.7. The van der Waals surface area contributed by atoms with E-state index >= 15 is 0 Å². The Morgan fingerprint density at radius 1 is 0.364 bits per heavy atom. The summed E-state index contributed by atoms with van der Waals surface area (Å²) in [4.78, 5) is 10.2. The largest absolute Gasteiger partial charge is 0.456 e. The van der Waals surface area contributed by atoms with Crippen LogP contribution in [0.5, 0.6) is 0 Å². The van der Waals surface area contributed by atoms with Crippen LogP contribution in [-0.4, -0.2) is 9.97 Å². The highest BCUT2D eigenvalue weighted by Crippen LogP contribution is 2.56. The molecular formula is C52H38N2O. The number of aromatic nitrogens is 2. The van der Waals surface area contributed by atoms with Crippen molar-refractivity contribution in [1.29, 1.82) is 0 Å². The van der Waals surface area contributed by atoms with Gasteiger partial charge in [-0.3, -0.25) is 0 Å². The maximum Gasteiger partial charge on any atom is 0.160 e.